The van der Waals surface area contributed by atoms with Gasteiger partial charge in [0.2, 0.25) is 0 Å². The number of aromatic nitrogens is 4. The number of carbonyl (C=O) groups is 1. The number of esters is 1. The van der Waals surface area contributed by atoms with E-state index in [0.29, 0.717) is 22.4 Å². The fourth-order valence-electron chi connectivity index (χ4n) is 7.62. The SMILES string of the molecule is CCOC(=O)C12CC1[C@H]1C(n3cnc4c(NC5CC5c5ccccc5)nc(I)nc43)[C@]13OC(C)(C)O[C@H]23. The fourth-order valence-corrected chi connectivity index (χ4v) is 8.09. The minimum atomic E-state index is -0.768. The molecule has 8 atom stereocenters. The molecule has 4 saturated carbocycles. The summed E-state index contributed by atoms with van der Waals surface area (Å²) in [4.78, 5) is 27.3. The number of halogens is 1. The van der Waals surface area contributed by atoms with Gasteiger partial charge in [-0.1, -0.05) is 30.3 Å². The number of nitrogens with one attached hydrogen (secondary N) is 1. The first kappa shape index (κ1) is 22.7. The lowest BCUT2D eigenvalue weighted by atomic mass is 9.94. The highest BCUT2D eigenvalue weighted by molar-refractivity contribution is 14.1. The Balaban J connectivity index is 1.13. The number of nitrogens with zero attached hydrogens (tertiary/aromatic N) is 4. The molecule has 4 aliphatic carbocycles. The van der Waals surface area contributed by atoms with Gasteiger partial charge in [-0.25, -0.2) is 15.0 Å². The Morgan fingerprint density at radius 3 is 2.86 bits per heavy atom. The van der Waals surface area contributed by atoms with E-state index in [0.717, 1.165) is 29.8 Å². The van der Waals surface area contributed by atoms with Crippen LogP contribution in [0.1, 0.15) is 51.1 Å². The summed E-state index contributed by atoms with van der Waals surface area (Å²) in [5.74, 6) is 0.684. The Morgan fingerprint density at radius 2 is 2.08 bits per heavy atom. The molecule has 8 rings (SSSR count). The maximum absolute atomic E-state index is 13.1. The number of hydrogen-bond donors (Lipinski definition) is 1. The van der Waals surface area contributed by atoms with Crippen LogP contribution in [0.25, 0.3) is 11.2 Å². The van der Waals surface area contributed by atoms with E-state index in [9.17, 15) is 4.79 Å². The van der Waals surface area contributed by atoms with Gasteiger partial charge in [0, 0.05) is 40.5 Å². The maximum atomic E-state index is 13.1. The minimum absolute atomic E-state index is 0.0101. The number of imidazole rings is 1. The minimum Gasteiger partial charge on any atom is -0.465 e. The van der Waals surface area contributed by atoms with Gasteiger partial charge in [-0.2, -0.15) is 0 Å². The Kier molecular flexibility index (Phi) is 4.41. The Hall–Kier alpha value is -2.31. The van der Waals surface area contributed by atoms with Crippen LogP contribution in [0.3, 0.4) is 0 Å². The summed E-state index contributed by atoms with van der Waals surface area (Å²) < 4.78 is 21.4. The summed E-state index contributed by atoms with van der Waals surface area (Å²) in [7, 11) is 0. The second-order valence-corrected chi connectivity index (χ2v) is 12.5. The third-order valence-electron chi connectivity index (χ3n) is 9.10. The predicted octanol–water partition coefficient (Wildman–Crippen LogP) is 4.04. The van der Waals surface area contributed by atoms with Crippen LogP contribution in [0.4, 0.5) is 5.82 Å². The first-order valence-electron chi connectivity index (χ1n) is 13.1. The normalized spacial score (nSPS) is 39.6. The van der Waals surface area contributed by atoms with Crippen molar-refractivity contribution >= 4 is 45.5 Å². The molecule has 10 heteroatoms. The van der Waals surface area contributed by atoms with Crippen molar-refractivity contribution in [3.05, 3.63) is 46.1 Å². The topological polar surface area (TPSA) is 100 Å². The molecule has 2 aromatic heterocycles. The number of anilines is 1. The first-order chi connectivity index (χ1) is 17.8. The zero-order valence-corrected chi connectivity index (χ0v) is 23.0. The summed E-state index contributed by atoms with van der Waals surface area (Å²) in [6.45, 7) is 6.08. The lowest BCUT2D eigenvalue weighted by molar-refractivity contribution is -0.171. The van der Waals surface area contributed by atoms with Crippen LogP contribution in [0.5, 0.6) is 0 Å². The van der Waals surface area contributed by atoms with Gasteiger partial charge in [0.05, 0.1) is 19.0 Å². The molecular weight excluding hydrogens is 585 g/mol. The van der Waals surface area contributed by atoms with Crippen LogP contribution in [-0.4, -0.2) is 55.6 Å². The van der Waals surface area contributed by atoms with Crippen molar-refractivity contribution in [1.29, 1.82) is 0 Å². The van der Waals surface area contributed by atoms with E-state index in [1.165, 1.54) is 5.56 Å². The molecule has 5 aliphatic rings. The van der Waals surface area contributed by atoms with Crippen LogP contribution < -0.4 is 5.32 Å². The largest absolute Gasteiger partial charge is 0.465 e. The highest BCUT2D eigenvalue weighted by atomic mass is 127. The molecule has 1 aromatic carbocycles. The van der Waals surface area contributed by atoms with Crippen molar-refractivity contribution in [2.75, 3.05) is 11.9 Å². The van der Waals surface area contributed by atoms with Crippen LogP contribution in [0, 0.1) is 21.1 Å². The van der Waals surface area contributed by atoms with Crippen LogP contribution >= 0.6 is 22.6 Å². The molecule has 5 unspecified atom stereocenters. The second-order valence-electron chi connectivity index (χ2n) is 11.6. The van der Waals surface area contributed by atoms with Crippen molar-refractivity contribution in [2.45, 2.75) is 69.1 Å². The molecule has 9 nitrogen and oxygen atoms in total. The maximum Gasteiger partial charge on any atom is 0.315 e. The third kappa shape index (κ3) is 2.92. The van der Waals surface area contributed by atoms with E-state index in [-0.39, 0.29) is 30.0 Å². The Morgan fingerprint density at radius 1 is 1.27 bits per heavy atom. The number of carbonyl (C=O) groups excluding carboxylic acids is 1. The number of rotatable bonds is 6. The summed E-state index contributed by atoms with van der Waals surface area (Å²) >= 11 is 2.18. The lowest BCUT2D eigenvalue weighted by Gasteiger charge is -2.24. The average Bonchev–Trinajstić information content (AvgIpc) is 3.79. The van der Waals surface area contributed by atoms with Crippen LogP contribution in [0.2, 0.25) is 0 Å². The highest BCUT2D eigenvalue weighted by Gasteiger charge is 2.96. The molecule has 5 fully saturated rings. The number of benzene rings is 1. The van der Waals surface area contributed by atoms with E-state index in [1.54, 1.807) is 0 Å². The van der Waals surface area contributed by atoms with Gasteiger partial charge in [0.25, 0.3) is 0 Å². The summed E-state index contributed by atoms with van der Waals surface area (Å²) in [6.07, 6.45) is 3.39. The van der Waals surface area contributed by atoms with Crippen LogP contribution in [0.15, 0.2) is 36.7 Å². The van der Waals surface area contributed by atoms with Crippen molar-refractivity contribution in [3.8, 4) is 0 Å². The van der Waals surface area contributed by atoms with Crippen molar-refractivity contribution in [3.63, 3.8) is 0 Å². The van der Waals surface area contributed by atoms with Gasteiger partial charge in [0.15, 0.2) is 26.6 Å². The van der Waals surface area contributed by atoms with Crippen molar-refractivity contribution in [2.24, 2.45) is 17.3 Å². The summed E-state index contributed by atoms with van der Waals surface area (Å²) in [5.41, 5.74) is 1.75. The van der Waals surface area contributed by atoms with E-state index >= 15 is 0 Å². The van der Waals surface area contributed by atoms with Gasteiger partial charge in [-0.15, -0.1) is 0 Å². The summed E-state index contributed by atoms with van der Waals surface area (Å²) in [5, 5.41) is 3.63. The van der Waals surface area contributed by atoms with E-state index in [1.807, 2.05) is 33.2 Å². The van der Waals surface area contributed by atoms with Crippen LogP contribution in [-0.2, 0) is 19.0 Å². The number of ether oxygens (including phenoxy) is 3. The molecule has 0 radical (unpaired) electrons. The lowest BCUT2D eigenvalue weighted by Crippen LogP contribution is -2.40. The molecule has 3 aromatic rings. The third-order valence-corrected chi connectivity index (χ3v) is 9.58. The number of fused-ring (bicyclic) bond motifs is 4. The summed E-state index contributed by atoms with van der Waals surface area (Å²) in [6, 6.07) is 10.9. The second kappa shape index (κ2) is 7.20. The Bertz CT molecular complexity index is 1460. The molecule has 37 heavy (non-hydrogen) atoms. The van der Waals surface area contributed by atoms with Gasteiger partial charge >= 0.3 is 5.97 Å². The van der Waals surface area contributed by atoms with E-state index < -0.39 is 16.8 Å². The first-order valence-corrected chi connectivity index (χ1v) is 14.1. The van der Waals surface area contributed by atoms with Gasteiger partial charge in [0.1, 0.15) is 17.1 Å². The molecule has 3 heterocycles. The van der Waals surface area contributed by atoms with Crippen molar-refractivity contribution in [1.82, 2.24) is 19.5 Å². The molecule has 1 spiro atoms. The van der Waals surface area contributed by atoms with Crippen molar-refractivity contribution < 1.29 is 19.0 Å². The Labute approximate surface area is 227 Å². The number of hydrogen-bond acceptors (Lipinski definition) is 8. The van der Waals surface area contributed by atoms with E-state index in [4.69, 9.17) is 29.2 Å². The average molecular weight is 613 g/mol. The van der Waals surface area contributed by atoms with E-state index in [2.05, 4.69) is 56.7 Å². The highest BCUT2D eigenvalue weighted by Crippen LogP contribution is 2.86. The molecule has 1 aliphatic heterocycles. The fraction of sp³-hybridized carbons (Fsp3) is 0.556. The molecular formula is C27H28IN5O4. The standard InChI is InChI=1S/C27H28IN5O4/c1-4-35-23(34)26-11-15(26)17-19(27(17)22(26)36-25(2,3)37-27)33-12-29-18-20(31-24(28)32-21(18)33)30-16-10-14(16)13-8-6-5-7-9-13/h5-9,12,14-17,19,22H,4,10-11H2,1-3H3,(H,30,31,32)/t14?,15?,16?,17-,19?,22+,26?,27+/m0/s1. The molecule has 0 bridgehead atoms. The smallest absolute Gasteiger partial charge is 0.315 e. The molecule has 0 amide bonds. The van der Waals surface area contributed by atoms with Gasteiger partial charge in [-0.3, -0.25) is 4.79 Å². The predicted molar refractivity (Wildman–Crippen MR) is 142 cm³/mol. The van der Waals surface area contributed by atoms with Gasteiger partial charge in [-0.05, 0) is 45.1 Å². The zero-order valence-electron chi connectivity index (χ0n) is 20.8. The monoisotopic (exact) mass is 613 g/mol. The molecule has 192 valence electrons. The zero-order chi connectivity index (χ0) is 25.3. The van der Waals surface area contributed by atoms with Gasteiger partial charge < -0.3 is 24.1 Å². The quantitative estimate of drug-likeness (QED) is 0.253. The molecule has 1 saturated heterocycles. The molecule has 1 N–H and O–H groups in total.